The minimum Gasteiger partial charge on any atom is -0.462 e. The highest BCUT2D eigenvalue weighted by Gasteiger charge is 2.19. The van der Waals surface area contributed by atoms with Crippen molar-refractivity contribution in [2.24, 2.45) is 0 Å². The van der Waals surface area contributed by atoms with Crippen LogP contribution >= 0.6 is 0 Å². The Bertz CT molecular complexity index is 1080. The van der Waals surface area contributed by atoms with Crippen LogP contribution in [0.2, 0.25) is 0 Å². The van der Waals surface area contributed by atoms with E-state index in [1.807, 2.05) is 0 Å². The summed E-state index contributed by atoms with van der Waals surface area (Å²) >= 11 is 0. The lowest BCUT2D eigenvalue weighted by atomic mass is 10.0. The number of carbonyl (C=O) groups excluding carboxylic acids is 3. The minimum absolute atomic E-state index is 0.0667. The van der Waals surface area contributed by atoms with Gasteiger partial charge in [-0.25, -0.2) is 0 Å². The fourth-order valence-electron chi connectivity index (χ4n) is 8.95. The highest BCUT2D eigenvalue weighted by molar-refractivity contribution is 5.71. The fraction of sp³-hybridized carbons (Fsp3) is 0.885. The first-order valence-corrected chi connectivity index (χ1v) is 29.8. The van der Waals surface area contributed by atoms with Crippen LogP contribution in [0.4, 0.5) is 0 Å². The van der Waals surface area contributed by atoms with Crippen molar-refractivity contribution in [2.45, 2.75) is 335 Å². The molecular weight excluding hydrogens is 829 g/mol. The molecule has 1 unspecified atom stereocenters. The normalized spacial score (nSPS) is 12.1. The van der Waals surface area contributed by atoms with Gasteiger partial charge in [-0.05, 0) is 51.4 Å². The van der Waals surface area contributed by atoms with E-state index in [-0.39, 0.29) is 31.1 Å². The van der Waals surface area contributed by atoms with Crippen LogP contribution in [0.15, 0.2) is 24.3 Å². The summed E-state index contributed by atoms with van der Waals surface area (Å²) < 4.78 is 16.9. The van der Waals surface area contributed by atoms with Crippen LogP contribution < -0.4 is 0 Å². The Balaban J connectivity index is 4.29. The molecule has 1 atom stereocenters. The van der Waals surface area contributed by atoms with Crippen molar-refractivity contribution < 1.29 is 28.6 Å². The molecule has 0 bridgehead atoms. The van der Waals surface area contributed by atoms with E-state index in [2.05, 4.69) is 45.1 Å². The van der Waals surface area contributed by atoms with Gasteiger partial charge in [0.2, 0.25) is 0 Å². The molecule has 0 rings (SSSR count). The summed E-state index contributed by atoms with van der Waals surface area (Å²) in [6.07, 6.45) is 66.0. The second-order valence-electron chi connectivity index (χ2n) is 20.3. The number of hydrogen-bond acceptors (Lipinski definition) is 6. The zero-order valence-corrected chi connectivity index (χ0v) is 45.2. The van der Waals surface area contributed by atoms with Gasteiger partial charge in [-0.15, -0.1) is 0 Å². The molecule has 0 aromatic rings. The van der Waals surface area contributed by atoms with Crippen LogP contribution in [0.1, 0.15) is 329 Å². The van der Waals surface area contributed by atoms with Crippen molar-refractivity contribution in [2.75, 3.05) is 13.2 Å². The Labute approximate surface area is 417 Å². The topological polar surface area (TPSA) is 78.9 Å². The Kier molecular flexibility index (Phi) is 54.7. The van der Waals surface area contributed by atoms with Gasteiger partial charge in [-0.2, -0.15) is 0 Å². The van der Waals surface area contributed by atoms with Gasteiger partial charge >= 0.3 is 17.9 Å². The smallest absolute Gasteiger partial charge is 0.306 e. The van der Waals surface area contributed by atoms with Gasteiger partial charge in [0.05, 0.1) is 0 Å². The third-order valence-corrected chi connectivity index (χ3v) is 13.5. The Morgan fingerprint density at radius 1 is 0.299 bits per heavy atom. The zero-order chi connectivity index (χ0) is 48.6. The van der Waals surface area contributed by atoms with Crippen LogP contribution in [0.5, 0.6) is 0 Å². The Hall–Kier alpha value is -2.11. The molecule has 0 amide bonds. The molecule has 0 aromatic heterocycles. The first-order chi connectivity index (χ1) is 33.0. The van der Waals surface area contributed by atoms with Gasteiger partial charge in [0, 0.05) is 19.3 Å². The molecule has 6 heteroatoms. The van der Waals surface area contributed by atoms with Crippen molar-refractivity contribution >= 4 is 17.9 Å². The molecule has 0 saturated carbocycles. The highest BCUT2D eigenvalue weighted by atomic mass is 16.6. The maximum atomic E-state index is 12.9. The average Bonchev–Trinajstić information content (AvgIpc) is 3.33. The lowest BCUT2D eigenvalue weighted by Gasteiger charge is -2.18. The molecule has 67 heavy (non-hydrogen) atoms. The molecule has 0 fully saturated rings. The van der Waals surface area contributed by atoms with Crippen LogP contribution in [-0.4, -0.2) is 37.2 Å². The second-order valence-corrected chi connectivity index (χ2v) is 20.3. The predicted octanol–water partition coefficient (Wildman–Crippen LogP) is 19.9. The van der Waals surface area contributed by atoms with Gasteiger partial charge in [0.25, 0.3) is 0 Å². The van der Waals surface area contributed by atoms with E-state index in [1.54, 1.807) is 0 Å². The van der Waals surface area contributed by atoms with E-state index in [0.717, 1.165) is 64.2 Å². The van der Waals surface area contributed by atoms with Crippen molar-refractivity contribution in [3.05, 3.63) is 24.3 Å². The molecule has 0 radical (unpaired) electrons. The number of ether oxygens (including phenoxy) is 3. The average molecular weight is 944 g/mol. The first kappa shape index (κ1) is 64.9. The Morgan fingerprint density at radius 2 is 0.537 bits per heavy atom. The lowest BCUT2D eigenvalue weighted by molar-refractivity contribution is -0.167. The third kappa shape index (κ3) is 54.7. The number of esters is 3. The molecule has 0 heterocycles. The molecule has 0 saturated heterocycles. The maximum Gasteiger partial charge on any atom is 0.306 e. The van der Waals surface area contributed by atoms with Gasteiger partial charge < -0.3 is 14.2 Å². The molecular formula is C61H114O6. The van der Waals surface area contributed by atoms with Crippen LogP contribution in [0, 0.1) is 0 Å². The van der Waals surface area contributed by atoms with E-state index in [4.69, 9.17) is 14.2 Å². The molecule has 0 aliphatic rings. The van der Waals surface area contributed by atoms with Crippen molar-refractivity contribution in [3.63, 3.8) is 0 Å². The predicted molar refractivity (Wildman–Crippen MR) is 289 cm³/mol. The summed E-state index contributed by atoms with van der Waals surface area (Å²) in [6.45, 7) is 6.68. The van der Waals surface area contributed by atoms with Crippen LogP contribution in [0.3, 0.4) is 0 Å². The molecule has 6 nitrogen and oxygen atoms in total. The summed E-state index contributed by atoms with van der Waals surface area (Å²) in [5, 5.41) is 0. The molecule has 0 aliphatic heterocycles. The summed E-state index contributed by atoms with van der Waals surface area (Å²) in [5.41, 5.74) is 0. The molecule has 0 aromatic carbocycles. The van der Waals surface area contributed by atoms with Crippen molar-refractivity contribution in [1.82, 2.24) is 0 Å². The number of hydrogen-bond donors (Lipinski definition) is 0. The second kappa shape index (κ2) is 56.5. The summed E-state index contributed by atoms with van der Waals surface area (Å²) in [7, 11) is 0. The van der Waals surface area contributed by atoms with Crippen LogP contribution in [0.25, 0.3) is 0 Å². The standard InChI is InChI=1S/C61H114O6/c1-4-7-10-13-16-19-22-25-27-28-29-30-31-32-34-36-39-42-45-48-51-54-60(63)66-57-58(56-65-59(62)53-50-47-44-41-38-35-24-21-18-15-12-9-6-3)67-61(64)55-52-49-46-43-40-37-33-26-23-20-17-14-11-8-5-2/h22,25,28-29,58H,4-21,23-24,26-27,30-57H2,1-3H3/b25-22-,29-28-. The fourth-order valence-corrected chi connectivity index (χ4v) is 8.95. The van der Waals surface area contributed by atoms with E-state index >= 15 is 0 Å². The van der Waals surface area contributed by atoms with Crippen LogP contribution in [-0.2, 0) is 28.6 Å². The highest BCUT2D eigenvalue weighted by Crippen LogP contribution is 2.17. The first-order valence-electron chi connectivity index (χ1n) is 29.8. The van der Waals surface area contributed by atoms with Gasteiger partial charge in [-0.3, -0.25) is 14.4 Å². The third-order valence-electron chi connectivity index (χ3n) is 13.5. The minimum atomic E-state index is -0.767. The van der Waals surface area contributed by atoms with Crippen molar-refractivity contribution in [3.8, 4) is 0 Å². The molecule has 0 N–H and O–H groups in total. The molecule has 394 valence electrons. The summed E-state index contributed by atoms with van der Waals surface area (Å²) in [6, 6.07) is 0. The van der Waals surface area contributed by atoms with Gasteiger partial charge in [0.1, 0.15) is 13.2 Å². The van der Waals surface area contributed by atoms with Crippen molar-refractivity contribution in [1.29, 1.82) is 0 Å². The number of carbonyl (C=O) groups is 3. The number of allylic oxidation sites excluding steroid dienone is 4. The molecule has 0 spiro atoms. The maximum absolute atomic E-state index is 12.9. The Morgan fingerprint density at radius 3 is 0.821 bits per heavy atom. The SMILES string of the molecule is CCCCCCC/C=C\C/C=C\CCCCCCCCCCCC(=O)OCC(COC(=O)CCCCCCCCCCCCCCC)OC(=O)CCCCCCCCCCCCCCCCC. The van der Waals surface area contributed by atoms with Gasteiger partial charge in [-0.1, -0.05) is 283 Å². The van der Waals surface area contributed by atoms with E-state index < -0.39 is 6.10 Å². The summed E-state index contributed by atoms with van der Waals surface area (Å²) in [4.78, 5) is 38.2. The van der Waals surface area contributed by atoms with Gasteiger partial charge in [0.15, 0.2) is 6.10 Å². The summed E-state index contributed by atoms with van der Waals surface area (Å²) in [5.74, 6) is -0.848. The van der Waals surface area contributed by atoms with E-state index in [9.17, 15) is 14.4 Å². The molecule has 0 aliphatic carbocycles. The largest absolute Gasteiger partial charge is 0.462 e. The van der Waals surface area contributed by atoms with E-state index in [1.165, 1.54) is 225 Å². The lowest BCUT2D eigenvalue weighted by Crippen LogP contribution is -2.30. The number of unbranched alkanes of at least 4 members (excludes halogenated alkanes) is 40. The van der Waals surface area contributed by atoms with E-state index in [0.29, 0.717) is 19.3 Å². The zero-order valence-electron chi connectivity index (χ0n) is 45.2. The quantitative estimate of drug-likeness (QED) is 0.0262. The number of rotatable bonds is 55. The monoisotopic (exact) mass is 943 g/mol.